The summed E-state index contributed by atoms with van der Waals surface area (Å²) < 4.78 is 45.4. The number of amides is 2. The predicted octanol–water partition coefficient (Wildman–Crippen LogP) is 2.53. The lowest BCUT2D eigenvalue weighted by Gasteiger charge is -2.31. The molecular formula is C21H23F3N4O3. The molecule has 7 nitrogen and oxygen atoms in total. The number of aromatic nitrogens is 2. The third-order valence-electron chi connectivity index (χ3n) is 5.76. The molecule has 2 amide bonds. The Labute approximate surface area is 177 Å². The lowest BCUT2D eigenvalue weighted by atomic mass is 9.95. The van der Waals surface area contributed by atoms with E-state index in [-0.39, 0.29) is 30.4 Å². The van der Waals surface area contributed by atoms with Crippen molar-refractivity contribution in [3.8, 4) is 0 Å². The summed E-state index contributed by atoms with van der Waals surface area (Å²) in [6, 6.07) is 6.12. The molecule has 2 aromatic rings. The minimum Gasteiger partial charge on any atom is -0.365 e. The Kier molecular flexibility index (Phi) is 6.26. The van der Waals surface area contributed by atoms with Crippen LogP contribution in [0.15, 0.2) is 30.6 Å². The first-order valence-corrected chi connectivity index (χ1v) is 10.2. The van der Waals surface area contributed by atoms with E-state index in [2.05, 4.69) is 10.3 Å². The number of nitrogens with one attached hydrogen (secondary N) is 1. The van der Waals surface area contributed by atoms with Crippen molar-refractivity contribution in [1.29, 1.82) is 0 Å². The van der Waals surface area contributed by atoms with Crippen LogP contribution in [-0.2, 0) is 22.7 Å². The number of imidazole rings is 1. The summed E-state index contributed by atoms with van der Waals surface area (Å²) >= 11 is 0. The maximum absolute atomic E-state index is 13.2. The molecule has 0 saturated carbocycles. The van der Waals surface area contributed by atoms with E-state index in [1.807, 2.05) is 4.57 Å². The number of hydrogen-bond acceptors (Lipinski definition) is 4. The summed E-state index contributed by atoms with van der Waals surface area (Å²) in [5, 5.41) is 2.24. The van der Waals surface area contributed by atoms with Crippen molar-refractivity contribution in [2.45, 2.75) is 38.5 Å². The maximum atomic E-state index is 13.2. The minimum absolute atomic E-state index is 0.204. The molecule has 1 fully saturated rings. The van der Waals surface area contributed by atoms with Crippen LogP contribution in [0.1, 0.15) is 40.7 Å². The van der Waals surface area contributed by atoms with E-state index in [4.69, 9.17) is 4.74 Å². The highest BCUT2D eigenvalue weighted by Crippen LogP contribution is 2.29. The van der Waals surface area contributed by atoms with Gasteiger partial charge in [0.2, 0.25) is 5.91 Å². The third-order valence-corrected chi connectivity index (χ3v) is 5.76. The zero-order valence-electron chi connectivity index (χ0n) is 16.8. The topological polar surface area (TPSA) is 76.5 Å². The number of piperidine rings is 1. The number of nitrogens with zero attached hydrogens (tertiary/aromatic N) is 3. The van der Waals surface area contributed by atoms with Crippen molar-refractivity contribution in [3.05, 3.63) is 53.4 Å². The first-order chi connectivity index (χ1) is 14.9. The average Bonchev–Trinajstić information content (AvgIpc) is 3.21. The van der Waals surface area contributed by atoms with E-state index in [9.17, 15) is 22.8 Å². The first kappa shape index (κ1) is 21.4. The quantitative estimate of drug-likeness (QED) is 0.782. The van der Waals surface area contributed by atoms with Gasteiger partial charge in [0.25, 0.3) is 12.3 Å². The Morgan fingerprint density at radius 2 is 1.90 bits per heavy atom. The number of rotatable bonds is 5. The Morgan fingerprint density at radius 3 is 2.58 bits per heavy atom. The van der Waals surface area contributed by atoms with Crippen molar-refractivity contribution in [2.24, 2.45) is 5.92 Å². The van der Waals surface area contributed by atoms with Crippen LogP contribution in [0.3, 0.4) is 0 Å². The van der Waals surface area contributed by atoms with Crippen molar-refractivity contribution in [2.75, 3.05) is 19.6 Å². The summed E-state index contributed by atoms with van der Waals surface area (Å²) in [7, 11) is 0. The Hall–Kier alpha value is -2.88. The smallest absolute Gasteiger partial charge is 0.274 e. The van der Waals surface area contributed by atoms with Gasteiger partial charge in [-0.25, -0.2) is 18.2 Å². The van der Waals surface area contributed by atoms with E-state index < -0.39 is 18.9 Å². The van der Waals surface area contributed by atoms with Gasteiger partial charge < -0.3 is 19.5 Å². The van der Waals surface area contributed by atoms with Gasteiger partial charge in [0.15, 0.2) is 5.69 Å². The molecule has 10 heteroatoms. The summed E-state index contributed by atoms with van der Waals surface area (Å²) in [4.78, 5) is 30.8. The van der Waals surface area contributed by atoms with Crippen molar-refractivity contribution < 1.29 is 27.5 Å². The van der Waals surface area contributed by atoms with Gasteiger partial charge in [0, 0.05) is 19.0 Å². The van der Waals surface area contributed by atoms with Crippen LogP contribution in [0.4, 0.5) is 13.2 Å². The molecule has 0 bridgehead atoms. The number of ether oxygens (including phenoxy) is 1. The van der Waals surface area contributed by atoms with Gasteiger partial charge in [-0.3, -0.25) is 9.59 Å². The van der Waals surface area contributed by atoms with E-state index in [0.717, 1.165) is 5.56 Å². The van der Waals surface area contributed by atoms with Gasteiger partial charge in [-0.15, -0.1) is 0 Å². The Morgan fingerprint density at radius 1 is 1.19 bits per heavy atom. The molecule has 2 aliphatic rings. The van der Waals surface area contributed by atoms with Gasteiger partial charge in [-0.2, -0.15) is 0 Å². The van der Waals surface area contributed by atoms with Crippen LogP contribution < -0.4 is 5.32 Å². The molecule has 0 radical (unpaired) electrons. The van der Waals surface area contributed by atoms with Gasteiger partial charge in [-0.05, 0) is 30.5 Å². The second kappa shape index (κ2) is 9.09. The van der Waals surface area contributed by atoms with Gasteiger partial charge >= 0.3 is 0 Å². The SMILES string of the molecule is O=C(NCC(F)F)C1CCN(C(=O)c2ncn3c2COC(c2ccc(F)cc2)C3)CC1. The number of hydrogen-bond donors (Lipinski definition) is 1. The highest BCUT2D eigenvalue weighted by Gasteiger charge is 2.32. The fraction of sp³-hybridized carbons (Fsp3) is 0.476. The molecule has 0 aliphatic carbocycles. The summed E-state index contributed by atoms with van der Waals surface area (Å²) in [5.41, 5.74) is 1.85. The zero-order valence-corrected chi connectivity index (χ0v) is 16.8. The van der Waals surface area contributed by atoms with E-state index in [1.165, 1.54) is 12.1 Å². The van der Waals surface area contributed by atoms with Gasteiger partial charge in [-0.1, -0.05) is 12.1 Å². The molecule has 1 saturated heterocycles. The standard InChI is InChI=1S/C21H23F3N4O3/c22-15-3-1-13(2-4-15)17-10-28-12-26-19(16(28)11-31-17)21(30)27-7-5-14(6-8-27)20(29)25-9-18(23)24/h1-4,12,14,17-18H,5-11H2,(H,25,29). The van der Waals surface area contributed by atoms with E-state index >= 15 is 0 Å². The molecule has 0 spiro atoms. The molecule has 1 N–H and O–H groups in total. The first-order valence-electron chi connectivity index (χ1n) is 10.2. The molecule has 3 heterocycles. The zero-order chi connectivity index (χ0) is 22.0. The Bertz CT molecular complexity index is 940. The lowest BCUT2D eigenvalue weighted by Crippen LogP contribution is -2.44. The molecule has 1 aromatic carbocycles. The van der Waals surface area contributed by atoms with Crippen LogP contribution in [0, 0.1) is 11.7 Å². The number of likely N-dealkylation sites (tertiary alicyclic amines) is 1. The fourth-order valence-corrected chi connectivity index (χ4v) is 4.00. The number of carbonyl (C=O) groups excluding carboxylic acids is 2. The van der Waals surface area contributed by atoms with Gasteiger partial charge in [0.1, 0.15) is 11.9 Å². The van der Waals surface area contributed by atoms with E-state index in [0.29, 0.717) is 43.9 Å². The normalized spacial score (nSPS) is 19.4. The number of alkyl halides is 2. The molecule has 1 atom stereocenters. The number of halogens is 3. The summed E-state index contributed by atoms with van der Waals surface area (Å²) in [5.74, 6) is -1.32. The van der Waals surface area contributed by atoms with Gasteiger partial charge in [0.05, 0.1) is 31.7 Å². The number of fused-ring (bicyclic) bond motifs is 1. The second-order valence-electron chi connectivity index (χ2n) is 7.75. The predicted molar refractivity (Wildman–Crippen MR) is 104 cm³/mol. The fourth-order valence-electron chi connectivity index (χ4n) is 4.00. The molecular weight excluding hydrogens is 413 g/mol. The highest BCUT2D eigenvalue weighted by molar-refractivity contribution is 5.93. The highest BCUT2D eigenvalue weighted by atomic mass is 19.3. The van der Waals surface area contributed by atoms with E-state index in [1.54, 1.807) is 23.4 Å². The molecule has 31 heavy (non-hydrogen) atoms. The maximum Gasteiger partial charge on any atom is 0.274 e. The largest absolute Gasteiger partial charge is 0.365 e. The Balaban J connectivity index is 1.36. The van der Waals surface area contributed by atoms with Crippen LogP contribution in [-0.4, -0.2) is 52.3 Å². The van der Waals surface area contributed by atoms with Crippen LogP contribution in [0.5, 0.6) is 0 Å². The van der Waals surface area contributed by atoms with Crippen LogP contribution in [0.2, 0.25) is 0 Å². The molecule has 166 valence electrons. The third kappa shape index (κ3) is 4.73. The molecule has 4 rings (SSSR count). The molecule has 2 aliphatic heterocycles. The second-order valence-corrected chi connectivity index (χ2v) is 7.75. The van der Waals surface area contributed by atoms with Crippen molar-refractivity contribution >= 4 is 11.8 Å². The summed E-state index contributed by atoms with van der Waals surface area (Å²) in [6.07, 6.45) is -0.401. The number of carbonyl (C=O) groups is 2. The molecule has 1 aromatic heterocycles. The molecule has 1 unspecified atom stereocenters. The average molecular weight is 436 g/mol. The summed E-state index contributed by atoms with van der Waals surface area (Å²) in [6.45, 7) is 0.731. The van der Waals surface area contributed by atoms with Crippen LogP contribution >= 0.6 is 0 Å². The minimum atomic E-state index is -2.58. The van der Waals surface area contributed by atoms with Crippen molar-refractivity contribution in [3.63, 3.8) is 0 Å². The number of benzene rings is 1. The lowest BCUT2D eigenvalue weighted by molar-refractivity contribution is -0.126. The van der Waals surface area contributed by atoms with Crippen LogP contribution in [0.25, 0.3) is 0 Å². The monoisotopic (exact) mass is 436 g/mol. The van der Waals surface area contributed by atoms with Crippen molar-refractivity contribution in [1.82, 2.24) is 19.8 Å².